The van der Waals surface area contributed by atoms with Gasteiger partial charge in [0, 0.05) is 10.7 Å². The summed E-state index contributed by atoms with van der Waals surface area (Å²) in [6.45, 7) is 0. The fourth-order valence-corrected chi connectivity index (χ4v) is 2.32. The molecule has 0 saturated heterocycles. The van der Waals surface area contributed by atoms with Crippen molar-refractivity contribution >= 4 is 41.4 Å². The molecule has 0 saturated carbocycles. The lowest BCUT2D eigenvalue weighted by Crippen LogP contribution is -2.20. The molecule has 11 heteroatoms. The zero-order chi connectivity index (χ0) is 13.4. The minimum atomic E-state index is -5.11. The van der Waals surface area contributed by atoms with E-state index in [-0.39, 0.29) is 4.60 Å². The Labute approximate surface area is 106 Å². The van der Waals surface area contributed by atoms with Crippen molar-refractivity contribution in [2.24, 2.45) is 0 Å². The van der Waals surface area contributed by atoms with E-state index >= 15 is 0 Å². The summed E-state index contributed by atoms with van der Waals surface area (Å²) >= 11 is 2.77. The molecule has 1 rings (SSSR count). The van der Waals surface area contributed by atoms with Crippen LogP contribution in [0, 0.1) is 0 Å². The minimum Gasteiger partial charge on any atom is -0.400 e. The quantitative estimate of drug-likeness (QED) is 0.650. The first kappa shape index (κ1) is 14.3. The third-order valence-electron chi connectivity index (χ3n) is 1.39. The van der Waals surface area contributed by atoms with Crippen molar-refractivity contribution in [2.75, 3.05) is 5.73 Å². The van der Waals surface area contributed by atoms with E-state index in [1.54, 1.807) is 0 Å². The number of hydrogen-bond acceptors (Lipinski definition) is 5. The summed E-state index contributed by atoms with van der Waals surface area (Å²) in [6.07, 6.45) is -5.11. The third kappa shape index (κ3) is 3.89. The Morgan fingerprint density at radius 1 is 1.47 bits per heavy atom. The first-order valence-electron chi connectivity index (χ1n) is 3.67. The Kier molecular flexibility index (Phi) is 3.79. The molecule has 0 aliphatic carbocycles. The SMILES string of the molecule is Nc1cc(Br)nc(S(=O)(=O)Cl)c1OC(F)(F)F. The average molecular weight is 356 g/mol. The number of ether oxygens (including phenoxy) is 1. The molecule has 17 heavy (non-hydrogen) atoms. The number of nitrogens with zero attached hydrogens (tertiary/aromatic N) is 1. The normalized spacial score (nSPS) is 12.5. The first-order chi connectivity index (χ1) is 7.50. The van der Waals surface area contributed by atoms with Crippen molar-refractivity contribution in [3.05, 3.63) is 10.7 Å². The number of rotatable bonds is 2. The fraction of sp³-hybridized carbons (Fsp3) is 0.167. The Hall–Kier alpha value is -0.740. The van der Waals surface area contributed by atoms with E-state index in [0.717, 1.165) is 6.07 Å². The summed E-state index contributed by atoms with van der Waals surface area (Å²) in [6, 6.07) is 0.951. The second-order valence-corrected chi connectivity index (χ2v) is 5.95. The molecule has 0 bridgehead atoms. The molecule has 5 nitrogen and oxygen atoms in total. The van der Waals surface area contributed by atoms with Crippen LogP contribution in [0.1, 0.15) is 0 Å². The van der Waals surface area contributed by atoms with Gasteiger partial charge in [0.2, 0.25) is 5.03 Å². The summed E-state index contributed by atoms with van der Waals surface area (Å²) in [4.78, 5) is 3.28. The highest BCUT2D eigenvalue weighted by atomic mass is 79.9. The highest BCUT2D eigenvalue weighted by Gasteiger charge is 2.36. The van der Waals surface area contributed by atoms with E-state index in [1.165, 1.54) is 0 Å². The maximum atomic E-state index is 12.0. The van der Waals surface area contributed by atoms with Gasteiger partial charge in [0.05, 0.1) is 5.69 Å². The zero-order valence-electron chi connectivity index (χ0n) is 7.62. The highest BCUT2D eigenvalue weighted by Crippen LogP contribution is 2.36. The summed E-state index contributed by atoms with van der Waals surface area (Å²) < 4.78 is 61.5. The summed E-state index contributed by atoms with van der Waals surface area (Å²) in [5, 5.41) is -1.11. The van der Waals surface area contributed by atoms with Crippen molar-refractivity contribution in [3.8, 4) is 5.75 Å². The molecule has 96 valence electrons. The number of halogens is 5. The molecule has 0 fully saturated rings. The van der Waals surface area contributed by atoms with Gasteiger partial charge < -0.3 is 10.5 Å². The van der Waals surface area contributed by atoms with Crippen LogP contribution in [0.4, 0.5) is 18.9 Å². The van der Waals surface area contributed by atoms with E-state index in [0.29, 0.717) is 0 Å². The molecule has 0 radical (unpaired) electrons. The number of pyridine rings is 1. The van der Waals surface area contributed by atoms with Crippen LogP contribution < -0.4 is 10.5 Å². The summed E-state index contributed by atoms with van der Waals surface area (Å²) in [5.74, 6) is -1.16. The molecule has 0 aliphatic heterocycles. The second kappa shape index (κ2) is 4.50. The van der Waals surface area contributed by atoms with Crippen LogP contribution in [0.25, 0.3) is 0 Å². The molecule has 0 spiro atoms. The van der Waals surface area contributed by atoms with E-state index in [4.69, 9.17) is 16.4 Å². The van der Waals surface area contributed by atoms with E-state index < -0.39 is 31.9 Å². The van der Waals surface area contributed by atoms with Gasteiger partial charge in [0.25, 0.3) is 9.05 Å². The van der Waals surface area contributed by atoms with Gasteiger partial charge >= 0.3 is 6.36 Å². The Morgan fingerprint density at radius 2 is 2.00 bits per heavy atom. The minimum absolute atomic E-state index is 0.0938. The average Bonchev–Trinajstić information content (AvgIpc) is 2.05. The van der Waals surface area contributed by atoms with Crippen molar-refractivity contribution < 1.29 is 26.3 Å². The number of anilines is 1. The maximum Gasteiger partial charge on any atom is 0.573 e. The number of hydrogen-bond donors (Lipinski definition) is 1. The van der Waals surface area contributed by atoms with E-state index in [9.17, 15) is 21.6 Å². The smallest absolute Gasteiger partial charge is 0.400 e. The lowest BCUT2D eigenvalue weighted by Gasteiger charge is -2.13. The first-order valence-corrected chi connectivity index (χ1v) is 6.77. The lowest BCUT2D eigenvalue weighted by molar-refractivity contribution is -0.275. The fourth-order valence-electron chi connectivity index (χ4n) is 0.881. The van der Waals surface area contributed by atoms with Gasteiger partial charge in [-0.25, -0.2) is 13.4 Å². The number of alkyl halides is 3. The predicted octanol–water partition coefficient (Wildman–Crippen LogP) is 2.25. The van der Waals surface area contributed by atoms with Crippen LogP contribution in [0.15, 0.2) is 15.7 Å². The maximum absolute atomic E-state index is 12.0. The number of aromatic nitrogens is 1. The molecule has 0 amide bonds. The van der Waals surface area contributed by atoms with E-state index in [2.05, 4.69) is 25.7 Å². The number of nitrogens with two attached hydrogens (primary N) is 1. The van der Waals surface area contributed by atoms with E-state index in [1.807, 2.05) is 0 Å². The predicted molar refractivity (Wildman–Crippen MR) is 56.1 cm³/mol. The van der Waals surface area contributed by atoms with Gasteiger partial charge in [-0.15, -0.1) is 13.2 Å². The molecular weight excluding hydrogens is 352 g/mol. The van der Waals surface area contributed by atoms with Gasteiger partial charge in [-0.3, -0.25) is 0 Å². The van der Waals surface area contributed by atoms with Crippen LogP contribution in [-0.4, -0.2) is 19.8 Å². The lowest BCUT2D eigenvalue weighted by atomic mass is 10.4. The van der Waals surface area contributed by atoms with Crippen molar-refractivity contribution in [2.45, 2.75) is 11.4 Å². The Balaban J connectivity index is 3.47. The third-order valence-corrected chi connectivity index (χ3v) is 2.97. The largest absolute Gasteiger partial charge is 0.573 e. The van der Waals surface area contributed by atoms with Crippen molar-refractivity contribution in [1.82, 2.24) is 4.98 Å². The van der Waals surface area contributed by atoms with Crippen LogP contribution >= 0.6 is 26.6 Å². The van der Waals surface area contributed by atoms with Crippen LogP contribution in [-0.2, 0) is 9.05 Å². The van der Waals surface area contributed by atoms with Crippen LogP contribution in [0.3, 0.4) is 0 Å². The summed E-state index contributed by atoms with van der Waals surface area (Å²) in [5.41, 5.74) is 4.64. The van der Waals surface area contributed by atoms with Gasteiger partial charge in [0.15, 0.2) is 5.75 Å². The monoisotopic (exact) mass is 354 g/mol. The topological polar surface area (TPSA) is 82.3 Å². The zero-order valence-corrected chi connectivity index (χ0v) is 10.8. The second-order valence-electron chi connectivity index (χ2n) is 2.65. The number of nitrogen functional groups attached to an aromatic ring is 1. The molecule has 0 aromatic carbocycles. The van der Waals surface area contributed by atoms with Crippen molar-refractivity contribution in [1.29, 1.82) is 0 Å². The van der Waals surface area contributed by atoms with Gasteiger partial charge in [-0.05, 0) is 22.0 Å². The van der Waals surface area contributed by atoms with Crippen LogP contribution in [0.5, 0.6) is 5.75 Å². The van der Waals surface area contributed by atoms with Gasteiger partial charge in [0.1, 0.15) is 4.60 Å². The van der Waals surface area contributed by atoms with Crippen molar-refractivity contribution in [3.63, 3.8) is 0 Å². The standard InChI is InChI=1S/C6H3BrClF3N2O3S/c7-3-1-2(12)4(16-6(9,10)11)5(13-3)17(8,14)15/h1H,(H2,12,13). The Morgan fingerprint density at radius 3 is 2.41 bits per heavy atom. The highest BCUT2D eigenvalue weighted by molar-refractivity contribution is 9.10. The summed E-state index contributed by atoms with van der Waals surface area (Å²) in [7, 11) is 0.398. The molecular formula is C6H3BrClF3N2O3S. The molecule has 0 atom stereocenters. The molecule has 1 aromatic rings. The van der Waals surface area contributed by atoms with Gasteiger partial charge in [-0.2, -0.15) is 0 Å². The molecule has 2 N–H and O–H groups in total. The molecule has 1 heterocycles. The van der Waals surface area contributed by atoms with Gasteiger partial charge in [-0.1, -0.05) is 0 Å². The molecule has 1 aromatic heterocycles. The molecule has 0 aliphatic rings. The molecule has 0 unspecified atom stereocenters. The van der Waals surface area contributed by atoms with Crippen LogP contribution in [0.2, 0.25) is 0 Å². The Bertz CT molecular complexity index is 548.